The number of carbonyl (C=O) groups excluding carboxylic acids is 1. The van der Waals surface area contributed by atoms with Crippen LogP contribution in [0.1, 0.15) is 36.5 Å². The third kappa shape index (κ3) is 3.96. The fraction of sp³-hybridized carbons (Fsp3) is 0.550. The lowest BCUT2D eigenvalue weighted by Crippen LogP contribution is -2.35. The normalized spacial score (nSPS) is 18.0. The third-order valence-corrected chi connectivity index (χ3v) is 5.57. The molecule has 6 nitrogen and oxygen atoms in total. The highest BCUT2D eigenvalue weighted by Crippen LogP contribution is 2.26. The van der Waals surface area contributed by atoms with Crippen LogP contribution in [0.4, 0.5) is 0 Å². The summed E-state index contributed by atoms with van der Waals surface area (Å²) < 4.78 is 2.25. The minimum atomic E-state index is 0.209. The van der Waals surface area contributed by atoms with Gasteiger partial charge in [0.1, 0.15) is 11.6 Å². The van der Waals surface area contributed by atoms with Crippen LogP contribution >= 0.6 is 0 Å². The van der Waals surface area contributed by atoms with E-state index in [1.54, 1.807) is 0 Å². The van der Waals surface area contributed by atoms with Crippen molar-refractivity contribution in [2.75, 3.05) is 19.6 Å². The monoisotopic (exact) mass is 353 g/mol. The number of rotatable bonds is 6. The number of nitrogens with zero attached hydrogens (tertiary/aromatic N) is 4. The van der Waals surface area contributed by atoms with Crippen molar-refractivity contribution in [1.82, 2.24) is 25.0 Å². The Morgan fingerprint density at radius 2 is 1.96 bits per heavy atom. The maximum atomic E-state index is 12.0. The molecule has 0 radical (unpaired) electrons. The van der Waals surface area contributed by atoms with Gasteiger partial charge in [0.2, 0.25) is 5.91 Å². The number of hydrogen-bond acceptors (Lipinski definition) is 4. The molecule has 6 heteroatoms. The van der Waals surface area contributed by atoms with Crippen molar-refractivity contribution in [2.45, 2.75) is 45.2 Å². The first-order valence-corrected chi connectivity index (χ1v) is 9.74. The Balaban J connectivity index is 1.30. The van der Waals surface area contributed by atoms with Crippen molar-refractivity contribution in [3.63, 3.8) is 0 Å². The summed E-state index contributed by atoms with van der Waals surface area (Å²) in [4.78, 5) is 14.4. The Kier molecular flexibility index (Phi) is 5.29. The summed E-state index contributed by atoms with van der Waals surface area (Å²) in [6, 6.07) is 10.6. The third-order valence-electron chi connectivity index (χ3n) is 5.57. The molecular weight excluding hydrogens is 326 g/mol. The van der Waals surface area contributed by atoms with E-state index in [1.165, 1.54) is 12.0 Å². The highest BCUT2D eigenvalue weighted by Gasteiger charge is 2.25. The number of hydrogen-bond donors (Lipinski definition) is 1. The first-order chi connectivity index (χ1) is 12.8. The molecule has 0 bridgehead atoms. The van der Waals surface area contributed by atoms with Gasteiger partial charge in [-0.1, -0.05) is 36.8 Å². The average Bonchev–Trinajstić information content (AvgIpc) is 2.87. The van der Waals surface area contributed by atoms with E-state index in [0.717, 1.165) is 63.5 Å². The minimum Gasteiger partial charge on any atom is -0.355 e. The van der Waals surface area contributed by atoms with Gasteiger partial charge in [0.15, 0.2) is 0 Å². The highest BCUT2D eigenvalue weighted by atomic mass is 16.1. The molecule has 26 heavy (non-hydrogen) atoms. The van der Waals surface area contributed by atoms with Crippen molar-refractivity contribution in [3.05, 3.63) is 47.5 Å². The topological polar surface area (TPSA) is 63.1 Å². The van der Waals surface area contributed by atoms with Crippen LogP contribution in [0.5, 0.6) is 0 Å². The highest BCUT2D eigenvalue weighted by molar-refractivity contribution is 5.79. The number of amides is 1. The molecule has 0 atom stereocenters. The van der Waals surface area contributed by atoms with Crippen LogP contribution in [0.2, 0.25) is 0 Å². The lowest BCUT2D eigenvalue weighted by Gasteiger charge is -2.24. The minimum absolute atomic E-state index is 0.209. The first kappa shape index (κ1) is 17.2. The van der Waals surface area contributed by atoms with Crippen molar-refractivity contribution in [1.29, 1.82) is 0 Å². The zero-order chi connectivity index (χ0) is 17.8. The molecule has 1 aromatic carbocycles. The number of carbonyl (C=O) groups is 1. The fourth-order valence-electron chi connectivity index (χ4n) is 3.72. The SMILES string of the molecule is O=C(NCCc1nnc2n1CCN(Cc1ccccc1)CC2)C1CCC1. The summed E-state index contributed by atoms with van der Waals surface area (Å²) in [5, 5.41) is 11.8. The number of benzene rings is 1. The van der Waals surface area contributed by atoms with Gasteiger partial charge in [0, 0.05) is 51.5 Å². The van der Waals surface area contributed by atoms with Crippen molar-refractivity contribution in [2.24, 2.45) is 5.92 Å². The molecule has 1 aliphatic heterocycles. The van der Waals surface area contributed by atoms with Crippen LogP contribution in [-0.2, 0) is 30.7 Å². The van der Waals surface area contributed by atoms with Gasteiger partial charge in [-0.25, -0.2) is 0 Å². The van der Waals surface area contributed by atoms with Crippen molar-refractivity contribution >= 4 is 5.91 Å². The zero-order valence-electron chi connectivity index (χ0n) is 15.2. The second-order valence-electron chi connectivity index (χ2n) is 7.36. The van der Waals surface area contributed by atoms with Crippen LogP contribution in [0.25, 0.3) is 0 Å². The Hall–Kier alpha value is -2.21. The molecule has 1 N–H and O–H groups in total. The van der Waals surface area contributed by atoms with E-state index in [1.807, 2.05) is 0 Å². The Labute approximate surface area is 154 Å². The molecule has 1 aromatic heterocycles. The first-order valence-electron chi connectivity index (χ1n) is 9.74. The number of aromatic nitrogens is 3. The van der Waals surface area contributed by atoms with E-state index in [2.05, 4.69) is 55.3 Å². The van der Waals surface area contributed by atoms with Crippen LogP contribution in [0.15, 0.2) is 30.3 Å². The van der Waals surface area contributed by atoms with E-state index in [-0.39, 0.29) is 11.8 Å². The van der Waals surface area contributed by atoms with E-state index >= 15 is 0 Å². The molecule has 138 valence electrons. The van der Waals surface area contributed by atoms with Gasteiger partial charge in [-0.2, -0.15) is 0 Å². The lowest BCUT2D eigenvalue weighted by atomic mass is 9.85. The van der Waals surface area contributed by atoms with Crippen LogP contribution < -0.4 is 5.32 Å². The van der Waals surface area contributed by atoms with Gasteiger partial charge in [-0.15, -0.1) is 10.2 Å². The largest absolute Gasteiger partial charge is 0.355 e. The number of nitrogens with one attached hydrogen (secondary N) is 1. The van der Waals surface area contributed by atoms with Crippen molar-refractivity contribution < 1.29 is 4.79 Å². The van der Waals surface area contributed by atoms with Gasteiger partial charge in [-0.05, 0) is 18.4 Å². The summed E-state index contributed by atoms with van der Waals surface area (Å²) in [7, 11) is 0. The van der Waals surface area contributed by atoms with Gasteiger partial charge >= 0.3 is 0 Å². The summed E-state index contributed by atoms with van der Waals surface area (Å²) in [6.07, 6.45) is 4.96. The second kappa shape index (κ2) is 7.99. The molecule has 1 amide bonds. The molecule has 0 spiro atoms. The lowest BCUT2D eigenvalue weighted by molar-refractivity contribution is -0.127. The van der Waals surface area contributed by atoms with E-state index in [9.17, 15) is 4.79 Å². The van der Waals surface area contributed by atoms with Gasteiger partial charge in [-0.3, -0.25) is 9.69 Å². The molecule has 0 unspecified atom stereocenters. The predicted molar refractivity (Wildman–Crippen MR) is 99.5 cm³/mol. The fourth-order valence-corrected chi connectivity index (χ4v) is 3.72. The second-order valence-corrected chi connectivity index (χ2v) is 7.36. The molecular formula is C20H27N5O. The van der Waals surface area contributed by atoms with Gasteiger partial charge in [0.25, 0.3) is 0 Å². The molecule has 2 aromatic rings. The van der Waals surface area contributed by atoms with E-state index in [0.29, 0.717) is 6.54 Å². The summed E-state index contributed by atoms with van der Waals surface area (Å²) in [6.45, 7) is 4.56. The smallest absolute Gasteiger partial charge is 0.223 e. The molecule has 1 saturated carbocycles. The maximum Gasteiger partial charge on any atom is 0.223 e. The van der Waals surface area contributed by atoms with Crippen LogP contribution in [0, 0.1) is 5.92 Å². The molecule has 2 heterocycles. The quantitative estimate of drug-likeness (QED) is 0.860. The summed E-state index contributed by atoms with van der Waals surface area (Å²) in [5.74, 6) is 2.52. The standard InChI is InChI=1S/C20H27N5O/c26-20(17-7-4-8-17)21-11-9-18-22-23-19-10-12-24(13-14-25(18)19)15-16-5-2-1-3-6-16/h1-3,5-6,17H,4,7-15H2,(H,21,26). The van der Waals surface area contributed by atoms with Crippen LogP contribution in [0.3, 0.4) is 0 Å². The average molecular weight is 353 g/mol. The molecule has 1 fully saturated rings. The van der Waals surface area contributed by atoms with Crippen molar-refractivity contribution in [3.8, 4) is 0 Å². The van der Waals surface area contributed by atoms with Crippen LogP contribution in [-0.4, -0.2) is 45.2 Å². The molecule has 2 aliphatic rings. The summed E-state index contributed by atoms with van der Waals surface area (Å²) >= 11 is 0. The Morgan fingerprint density at radius 1 is 1.12 bits per heavy atom. The Morgan fingerprint density at radius 3 is 2.73 bits per heavy atom. The molecule has 0 saturated heterocycles. The predicted octanol–water partition coefficient (Wildman–Crippen LogP) is 1.80. The van der Waals surface area contributed by atoms with E-state index in [4.69, 9.17) is 0 Å². The van der Waals surface area contributed by atoms with Gasteiger partial charge < -0.3 is 9.88 Å². The maximum absolute atomic E-state index is 12.0. The molecule has 4 rings (SSSR count). The van der Waals surface area contributed by atoms with E-state index < -0.39 is 0 Å². The van der Waals surface area contributed by atoms with Gasteiger partial charge in [0.05, 0.1) is 0 Å². The Bertz CT molecular complexity index is 738. The zero-order valence-corrected chi connectivity index (χ0v) is 15.2. The summed E-state index contributed by atoms with van der Waals surface area (Å²) in [5.41, 5.74) is 1.35. The molecule has 1 aliphatic carbocycles. The number of fused-ring (bicyclic) bond motifs is 1.